The largest absolute Gasteiger partial charge is 0.479 e. The van der Waals surface area contributed by atoms with Gasteiger partial charge in [-0.2, -0.15) is 5.10 Å². The van der Waals surface area contributed by atoms with Crippen LogP contribution in [-0.4, -0.2) is 76.0 Å². The third kappa shape index (κ3) is 4.21. The van der Waals surface area contributed by atoms with Crippen molar-refractivity contribution in [2.24, 2.45) is 0 Å². The molecule has 3 aromatic heterocycles. The Balaban J connectivity index is 1.52. The Morgan fingerprint density at radius 3 is 2.85 bits per heavy atom. The molecule has 9 nitrogen and oxygen atoms in total. The molecule has 178 valence electrons. The number of carbonyl (C=O) groups is 1. The van der Waals surface area contributed by atoms with Gasteiger partial charge >= 0.3 is 6.03 Å². The summed E-state index contributed by atoms with van der Waals surface area (Å²) in [5.41, 5.74) is 5.08. The molecule has 0 saturated carbocycles. The van der Waals surface area contributed by atoms with Crippen LogP contribution >= 0.6 is 0 Å². The van der Waals surface area contributed by atoms with E-state index in [0.717, 1.165) is 41.2 Å². The maximum absolute atomic E-state index is 14.4. The Morgan fingerprint density at radius 2 is 2.03 bits per heavy atom. The second-order valence-electron chi connectivity index (χ2n) is 8.50. The van der Waals surface area contributed by atoms with Gasteiger partial charge in [0.2, 0.25) is 5.88 Å². The molecule has 0 N–H and O–H groups in total. The highest BCUT2D eigenvalue weighted by Crippen LogP contribution is 2.31. The zero-order valence-electron chi connectivity index (χ0n) is 19.3. The van der Waals surface area contributed by atoms with Gasteiger partial charge in [0.15, 0.2) is 5.82 Å². The fourth-order valence-corrected chi connectivity index (χ4v) is 4.56. The minimum absolute atomic E-state index is 0.0165. The summed E-state index contributed by atoms with van der Waals surface area (Å²) in [7, 11) is 3.20. The number of ether oxygens (including phenoxy) is 2. The second-order valence-corrected chi connectivity index (χ2v) is 8.50. The smallest absolute Gasteiger partial charge is 0.320 e. The van der Waals surface area contributed by atoms with Crippen molar-refractivity contribution in [3.05, 3.63) is 53.4 Å². The van der Waals surface area contributed by atoms with Crippen molar-refractivity contribution in [1.82, 2.24) is 29.5 Å². The maximum atomic E-state index is 14.4. The number of fused-ring (bicyclic) bond motifs is 1. The van der Waals surface area contributed by atoms with Crippen molar-refractivity contribution in [2.75, 3.05) is 40.5 Å². The predicted octanol–water partition coefficient (Wildman–Crippen LogP) is 2.85. The molecule has 2 amide bonds. The fraction of sp³-hybridized carbons (Fsp3) is 0.417. The fourth-order valence-electron chi connectivity index (χ4n) is 4.56. The lowest BCUT2D eigenvalue weighted by molar-refractivity contribution is 0.137. The summed E-state index contributed by atoms with van der Waals surface area (Å²) in [5, 5.41) is 4.88. The first-order valence-corrected chi connectivity index (χ1v) is 11.4. The molecule has 0 aliphatic carbocycles. The lowest BCUT2D eigenvalue weighted by Gasteiger charge is -2.33. The molecule has 0 radical (unpaired) electrons. The number of hydrogen-bond donors (Lipinski definition) is 0. The lowest BCUT2D eigenvalue weighted by atomic mass is 10.0. The van der Waals surface area contributed by atoms with Crippen molar-refractivity contribution >= 4 is 6.03 Å². The van der Waals surface area contributed by atoms with Gasteiger partial charge < -0.3 is 19.3 Å². The third-order valence-electron chi connectivity index (χ3n) is 6.26. The van der Waals surface area contributed by atoms with E-state index in [-0.39, 0.29) is 11.9 Å². The third-order valence-corrected chi connectivity index (χ3v) is 6.26. The Kier molecular flexibility index (Phi) is 6.14. The number of methoxy groups -OCH3 is 1. The van der Waals surface area contributed by atoms with Crippen LogP contribution in [0.4, 0.5) is 9.18 Å². The summed E-state index contributed by atoms with van der Waals surface area (Å²) in [6, 6.07) is 5.29. The predicted molar refractivity (Wildman–Crippen MR) is 122 cm³/mol. The molecule has 0 bridgehead atoms. The molecular weight excluding hydrogens is 439 g/mol. The van der Waals surface area contributed by atoms with Gasteiger partial charge in [-0.1, -0.05) is 0 Å². The Hall–Kier alpha value is -3.53. The molecule has 0 spiro atoms. The first-order chi connectivity index (χ1) is 16.5. The molecular formula is C24H27FN6O3. The molecule has 0 atom stereocenters. The van der Waals surface area contributed by atoms with Crippen molar-refractivity contribution < 1.29 is 18.7 Å². The summed E-state index contributed by atoms with van der Waals surface area (Å²) in [5.74, 6) is -0.597. The van der Waals surface area contributed by atoms with Gasteiger partial charge in [-0.15, -0.1) is 0 Å². The van der Waals surface area contributed by atoms with Crippen LogP contribution in [0.25, 0.3) is 16.9 Å². The standard InChI is InChI=1S/C24H27FN6O3/c1-29-8-3-9-30(24(29)32)15-17-12-16(4-7-26-17)22-19-5-10-34-11-6-21(19)31(28-22)18-13-20(25)23(33-2)27-14-18/h4,7,12-14H,3,5-6,8-11,15H2,1-2H3. The number of pyridine rings is 2. The average Bonchev–Trinajstić information content (AvgIpc) is 3.03. The highest BCUT2D eigenvalue weighted by atomic mass is 19.1. The molecule has 1 saturated heterocycles. The van der Waals surface area contributed by atoms with E-state index in [1.165, 1.54) is 13.2 Å². The van der Waals surface area contributed by atoms with Gasteiger partial charge in [0, 0.05) is 49.9 Å². The molecule has 34 heavy (non-hydrogen) atoms. The number of halogens is 1. The van der Waals surface area contributed by atoms with Crippen LogP contribution in [-0.2, 0) is 24.1 Å². The van der Waals surface area contributed by atoms with Crippen LogP contribution in [0.5, 0.6) is 5.88 Å². The highest BCUT2D eigenvalue weighted by molar-refractivity contribution is 5.75. The second kappa shape index (κ2) is 9.38. The van der Waals surface area contributed by atoms with Crippen LogP contribution < -0.4 is 4.74 Å². The van der Waals surface area contributed by atoms with E-state index in [1.54, 1.807) is 22.0 Å². The summed E-state index contributed by atoms with van der Waals surface area (Å²) in [4.78, 5) is 24.6. The average molecular weight is 467 g/mol. The van der Waals surface area contributed by atoms with Crippen molar-refractivity contribution in [2.45, 2.75) is 25.8 Å². The first-order valence-electron chi connectivity index (χ1n) is 11.4. The maximum Gasteiger partial charge on any atom is 0.320 e. The van der Waals surface area contributed by atoms with Gasteiger partial charge in [0.1, 0.15) is 0 Å². The van der Waals surface area contributed by atoms with E-state index in [2.05, 4.69) is 9.97 Å². The van der Waals surface area contributed by atoms with E-state index < -0.39 is 5.82 Å². The number of rotatable bonds is 5. The number of carbonyl (C=O) groups excluding carboxylic acids is 1. The van der Waals surface area contributed by atoms with E-state index in [4.69, 9.17) is 14.6 Å². The normalized spacial score (nSPS) is 16.4. The van der Waals surface area contributed by atoms with E-state index in [0.29, 0.717) is 44.8 Å². The van der Waals surface area contributed by atoms with Gasteiger partial charge in [0.05, 0.1) is 55.8 Å². The molecule has 0 unspecified atom stereocenters. The molecule has 2 aliphatic heterocycles. The SMILES string of the molecule is COc1ncc(-n2nc(-c3ccnc(CN4CCCN(C)C4=O)c3)c3c2CCOCC3)cc1F. The van der Waals surface area contributed by atoms with E-state index in [9.17, 15) is 9.18 Å². The van der Waals surface area contributed by atoms with Crippen LogP contribution in [0.2, 0.25) is 0 Å². The minimum Gasteiger partial charge on any atom is -0.479 e. The van der Waals surface area contributed by atoms with Gasteiger partial charge in [-0.3, -0.25) is 4.98 Å². The summed E-state index contributed by atoms with van der Waals surface area (Å²) in [6.45, 7) is 3.09. The van der Waals surface area contributed by atoms with E-state index >= 15 is 0 Å². The quantitative estimate of drug-likeness (QED) is 0.575. The van der Waals surface area contributed by atoms with E-state index in [1.807, 2.05) is 24.1 Å². The monoisotopic (exact) mass is 466 g/mol. The number of urea groups is 1. The van der Waals surface area contributed by atoms with Gasteiger partial charge in [-0.25, -0.2) is 18.9 Å². The molecule has 5 rings (SSSR count). The number of nitrogens with zero attached hydrogens (tertiary/aromatic N) is 6. The van der Waals surface area contributed by atoms with Crippen LogP contribution in [0.15, 0.2) is 30.6 Å². The Labute approximate surface area is 197 Å². The van der Waals surface area contributed by atoms with Crippen LogP contribution in [0.3, 0.4) is 0 Å². The van der Waals surface area contributed by atoms with Crippen molar-refractivity contribution in [3.63, 3.8) is 0 Å². The zero-order valence-corrected chi connectivity index (χ0v) is 19.3. The summed E-state index contributed by atoms with van der Waals surface area (Å²) >= 11 is 0. The lowest BCUT2D eigenvalue weighted by Crippen LogP contribution is -2.46. The Morgan fingerprint density at radius 1 is 1.18 bits per heavy atom. The number of amides is 2. The number of hydrogen-bond acceptors (Lipinski definition) is 6. The highest BCUT2D eigenvalue weighted by Gasteiger charge is 2.25. The minimum atomic E-state index is -0.543. The topological polar surface area (TPSA) is 85.6 Å². The molecule has 3 aromatic rings. The molecule has 5 heterocycles. The van der Waals surface area contributed by atoms with Crippen LogP contribution in [0.1, 0.15) is 23.4 Å². The first kappa shape index (κ1) is 22.3. The van der Waals surface area contributed by atoms with Gasteiger partial charge in [-0.05, 0) is 25.0 Å². The summed E-state index contributed by atoms with van der Waals surface area (Å²) < 4.78 is 26.8. The van der Waals surface area contributed by atoms with Crippen LogP contribution in [0, 0.1) is 5.82 Å². The molecule has 10 heteroatoms. The molecule has 1 fully saturated rings. The van der Waals surface area contributed by atoms with Crippen molar-refractivity contribution in [1.29, 1.82) is 0 Å². The molecule has 0 aromatic carbocycles. The van der Waals surface area contributed by atoms with Gasteiger partial charge in [0.25, 0.3) is 0 Å². The number of aromatic nitrogens is 4. The Bertz CT molecular complexity index is 1210. The molecule has 2 aliphatic rings. The van der Waals surface area contributed by atoms with Crippen molar-refractivity contribution in [3.8, 4) is 22.8 Å². The zero-order chi connectivity index (χ0) is 23.7. The summed E-state index contributed by atoms with van der Waals surface area (Å²) in [6.07, 6.45) is 5.59.